The van der Waals surface area contributed by atoms with Crippen molar-refractivity contribution in [3.63, 3.8) is 0 Å². The molecular formula is C23H31N5O4. The number of aromatic amines is 1. The average Bonchev–Trinajstić information content (AvgIpc) is 3.20. The van der Waals surface area contributed by atoms with Crippen molar-refractivity contribution < 1.29 is 19.4 Å². The number of aliphatic carboxylic acids is 1. The second-order valence-electron chi connectivity index (χ2n) is 9.85. The van der Waals surface area contributed by atoms with E-state index in [0.29, 0.717) is 22.7 Å². The summed E-state index contributed by atoms with van der Waals surface area (Å²) in [5.74, 6) is -0.944. The Morgan fingerprint density at radius 2 is 1.84 bits per heavy atom. The van der Waals surface area contributed by atoms with Crippen molar-refractivity contribution in [1.82, 2.24) is 14.6 Å². The molecule has 1 aromatic carbocycles. The number of anilines is 1. The first kappa shape index (κ1) is 23.3. The number of hydrogen-bond donors (Lipinski definition) is 4. The van der Waals surface area contributed by atoms with E-state index < -0.39 is 18.0 Å². The maximum atomic E-state index is 11.9. The third kappa shape index (κ3) is 4.77. The second kappa shape index (κ2) is 8.31. The topological polar surface area (TPSA) is 135 Å². The molecule has 9 heteroatoms. The lowest BCUT2D eigenvalue weighted by molar-refractivity contribution is -0.148. The van der Waals surface area contributed by atoms with Crippen LogP contribution in [0.2, 0.25) is 0 Å². The number of fused-ring (bicyclic) bond motifs is 1. The number of carboxylic acids is 1. The Hall–Kier alpha value is -3.33. The Morgan fingerprint density at radius 3 is 2.34 bits per heavy atom. The minimum atomic E-state index is -1.06. The number of amides is 1. The van der Waals surface area contributed by atoms with Gasteiger partial charge in [-0.3, -0.25) is 4.79 Å². The summed E-state index contributed by atoms with van der Waals surface area (Å²) in [5, 5.41) is 17.3. The number of hydrogen-bond acceptors (Lipinski definition) is 5. The number of imidazole rings is 1. The van der Waals surface area contributed by atoms with Crippen LogP contribution in [0, 0.1) is 5.41 Å². The first-order chi connectivity index (χ1) is 14.8. The summed E-state index contributed by atoms with van der Waals surface area (Å²) in [7, 11) is 1.36. The van der Waals surface area contributed by atoms with Crippen molar-refractivity contribution in [2.75, 3.05) is 12.4 Å². The zero-order valence-corrected chi connectivity index (χ0v) is 19.3. The Labute approximate surface area is 187 Å². The molecule has 0 saturated heterocycles. The molecule has 0 bridgehead atoms. The summed E-state index contributed by atoms with van der Waals surface area (Å²) in [4.78, 5) is 26.6. The normalized spacial score (nSPS) is 13.3. The fraction of sp³-hybridized carbons (Fsp3) is 0.435. The summed E-state index contributed by atoms with van der Waals surface area (Å²) in [6.07, 6.45) is 1.28. The molecule has 1 atom stereocenters. The summed E-state index contributed by atoms with van der Waals surface area (Å²) in [6, 6.07) is 7.03. The third-order valence-corrected chi connectivity index (χ3v) is 5.12. The third-order valence-electron chi connectivity index (χ3n) is 5.12. The molecule has 172 valence electrons. The van der Waals surface area contributed by atoms with Crippen LogP contribution in [-0.4, -0.2) is 44.2 Å². The fourth-order valence-electron chi connectivity index (χ4n) is 4.32. The average molecular weight is 442 g/mol. The molecule has 1 amide bonds. The number of rotatable bonds is 8. The van der Waals surface area contributed by atoms with Crippen LogP contribution in [-0.2, 0) is 9.53 Å². The SMILES string of the molecule is COC(C(=O)O)c1ccc(-c2[nH]c3c(C(N)=O)cnn3c2NC(C)(C)CC(C)(C)C)cc1. The van der Waals surface area contributed by atoms with Crippen molar-refractivity contribution in [1.29, 1.82) is 0 Å². The molecule has 0 aliphatic heterocycles. The van der Waals surface area contributed by atoms with Gasteiger partial charge in [0, 0.05) is 18.2 Å². The first-order valence-corrected chi connectivity index (χ1v) is 10.4. The Balaban J connectivity index is 2.10. The van der Waals surface area contributed by atoms with Gasteiger partial charge in [0.1, 0.15) is 11.2 Å². The number of nitrogens with two attached hydrogens (primary N) is 1. The van der Waals surface area contributed by atoms with Gasteiger partial charge in [-0.1, -0.05) is 45.0 Å². The van der Waals surface area contributed by atoms with Crippen molar-refractivity contribution in [2.45, 2.75) is 52.7 Å². The van der Waals surface area contributed by atoms with Gasteiger partial charge in [0.2, 0.25) is 0 Å². The molecule has 2 heterocycles. The molecule has 0 radical (unpaired) electrons. The molecule has 0 saturated carbocycles. The minimum Gasteiger partial charge on any atom is -0.479 e. The molecule has 1 unspecified atom stereocenters. The Morgan fingerprint density at radius 1 is 1.22 bits per heavy atom. The lowest BCUT2D eigenvalue weighted by atomic mass is 9.82. The van der Waals surface area contributed by atoms with Crippen LogP contribution in [0.5, 0.6) is 0 Å². The molecule has 0 spiro atoms. The number of nitrogens with one attached hydrogen (secondary N) is 2. The zero-order chi connectivity index (χ0) is 23.8. The van der Waals surface area contributed by atoms with Gasteiger partial charge in [0.15, 0.2) is 11.9 Å². The van der Waals surface area contributed by atoms with Crippen LogP contribution < -0.4 is 11.1 Å². The molecule has 0 fully saturated rings. The molecular weight excluding hydrogens is 410 g/mol. The summed E-state index contributed by atoms with van der Waals surface area (Å²) in [6.45, 7) is 10.8. The molecule has 5 N–H and O–H groups in total. The maximum Gasteiger partial charge on any atom is 0.337 e. The lowest BCUT2D eigenvalue weighted by Crippen LogP contribution is -2.36. The van der Waals surface area contributed by atoms with Gasteiger partial charge >= 0.3 is 5.97 Å². The number of carbonyl (C=O) groups excluding carboxylic acids is 1. The highest BCUT2D eigenvalue weighted by Crippen LogP contribution is 2.35. The standard InChI is InChI=1S/C23H31N5O4/c1-22(2,3)12-23(4,5)27-20-16(26-19-15(18(24)29)11-25-28(19)20)13-7-9-14(10-8-13)17(32-6)21(30)31/h7-11,17,26-27H,12H2,1-6H3,(H2,24,29)(H,30,31). The highest BCUT2D eigenvalue weighted by atomic mass is 16.5. The molecule has 9 nitrogen and oxygen atoms in total. The monoisotopic (exact) mass is 441 g/mol. The number of carboxylic acid groups (broad SMARTS) is 1. The van der Waals surface area contributed by atoms with Gasteiger partial charge < -0.3 is 25.9 Å². The van der Waals surface area contributed by atoms with Crippen molar-refractivity contribution in [2.24, 2.45) is 11.1 Å². The minimum absolute atomic E-state index is 0.0855. The summed E-state index contributed by atoms with van der Waals surface area (Å²) < 4.78 is 6.71. The Kier molecular flexibility index (Phi) is 6.06. The van der Waals surface area contributed by atoms with Crippen LogP contribution in [0.15, 0.2) is 30.5 Å². The van der Waals surface area contributed by atoms with E-state index in [1.807, 2.05) is 0 Å². The first-order valence-electron chi connectivity index (χ1n) is 10.4. The fourth-order valence-corrected chi connectivity index (χ4v) is 4.32. The van der Waals surface area contributed by atoms with E-state index in [4.69, 9.17) is 10.5 Å². The van der Waals surface area contributed by atoms with Crippen molar-refractivity contribution >= 4 is 23.3 Å². The van der Waals surface area contributed by atoms with Gasteiger partial charge in [-0.2, -0.15) is 9.61 Å². The number of carbonyl (C=O) groups is 2. The van der Waals surface area contributed by atoms with Gasteiger partial charge in [0.25, 0.3) is 5.91 Å². The molecule has 3 rings (SSSR count). The van der Waals surface area contributed by atoms with Gasteiger partial charge in [0.05, 0.1) is 11.9 Å². The quantitative estimate of drug-likeness (QED) is 0.420. The van der Waals surface area contributed by atoms with Crippen LogP contribution in [0.3, 0.4) is 0 Å². The largest absolute Gasteiger partial charge is 0.479 e. The van der Waals surface area contributed by atoms with E-state index >= 15 is 0 Å². The number of aromatic nitrogens is 3. The predicted octanol–water partition coefficient (Wildman–Crippen LogP) is 3.83. The number of ether oxygens (including phenoxy) is 1. The number of H-pyrrole nitrogens is 1. The van der Waals surface area contributed by atoms with Crippen LogP contribution in [0.25, 0.3) is 16.9 Å². The van der Waals surface area contributed by atoms with Gasteiger partial charge in [-0.25, -0.2) is 4.79 Å². The number of methoxy groups -OCH3 is 1. The van der Waals surface area contributed by atoms with E-state index in [2.05, 4.69) is 50.0 Å². The second-order valence-corrected chi connectivity index (χ2v) is 9.85. The van der Waals surface area contributed by atoms with Crippen molar-refractivity contribution in [3.05, 3.63) is 41.6 Å². The molecule has 32 heavy (non-hydrogen) atoms. The predicted molar refractivity (Wildman–Crippen MR) is 123 cm³/mol. The van der Waals surface area contributed by atoms with Crippen LogP contribution in [0.4, 0.5) is 5.82 Å². The van der Waals surface area contributed by atoms with Gasteiger partial charge in [-0.15, -0.1) is 0 Å². The van der Waals surface area contributed by atoms with E-state index in [0.717, 1.165) is 12.0 Å². The molecule has 0 aliphatic rings. The number of nitrogens with zero attached hydrogens (tertiary/aromatic N) is 2. The summed E-state index contributed by atoms with van der Waals surface area (Å²) >= 11 is 0. The highest BCUT2D eigenvalue weighted by molar-refractivity contribution is 5.99. The molecule has 3 aromatic rings. The van der Waals surface area contributed by atoms with E-state index in [1.165, 1.54) is 13.3 Å². The molecule has 2 aromatic heterocycles. The number of benzene rings is 1. The zero-order valence-electron chi connectivity index (χ0n) is 19.3. The number of primary amides is 1. The van der Waals surface area contributed by atoms with E-state index in [-0.39, 0.29) is 16.5 Å². The van der Waals surface area contributed by atoms with E-state index in [1.54, 1.807) is 28.8 Å². The van der Waals surface area contributed by atoms with E-state index in [9.17, 15) is 14.7 Å². The highest BCUT2D eigenvalue weighted by Gasteiger charge is 2.29. The molecule has 0 aliphatic carbocycles. The van der Waals surface area contributed by atoms with Crippen LogP contribution in [0.1, 0.15) is 63.1 Å². The Bertz CT molecular complexity index is 1140. The summed E-state index contributed by atoms with van der Waals surface area (Å²) in [5.41, 5.74) is 8.14. The van der Waals surface area contributed by atoms with Crippen LogP contribution >= 0.6 is 0 Å². The van der Waals surface area contributed by atoms with Gasteiger partial charge in [-0.05, 0) is 31.2 Å². The van der Waals surface area contributed by atoms with Crippen molar-refractivity contribution in [3.8, 4) is 11.3 Å². The lowest BCUT2D eigenvalue weighted by Gasteiger charge is -2.34. The maximum absolute atomic E-state index is 11.9. The smallest absolute Gasteiger partial charge is 0.337 e.